The lowest BCUT2D eigenvalue weighted by molar-refractivity contribution is -0.384. The zero-order chi connectivity index (χ0) is 15.4. The van der Waals surface area contributed by atoms with Crippen molar-refractivity contribution < 1.29 is 14.1 Å². The molecule has 0 saturated heterocycles. The van der Waals surface area contributed by atoms with Gasteiger partial charge in [-0.15, -0.1) is 0 Å². The SMILES string of the molecule is NNc1cc(COc2cc(Br)ccc2F)ccc1[N+](=O)[O-]. The summed E-state index contributed by atoms with van der Waals surface area (Å²) in [6.45, 7) is 0.0556. The van der Waals surface area contributed by atoms with Crippen LogP contribution in [-0.2, 0) is 6.61 Å². The van der Waals surface area contributed by atoms with E-state index in [1.807, 2.05) is 0 Å². The summed E-state index contributed by atoms with van der Waals surface area (Å²) in [7, 11) is 0. The van der Waals surface area contributed by atoms with Crippen molar-refractivity contribution >= 4 is 27.3 Å². The number of nitro benzene ring substituents is 1. The molecule has 0 bridgehead atoms. The van der Waals surface area contributed by atoms with Crippen molar-refractivity contribution in [2.24, 2.45) is 5.84 Å². The van der Waals surface area contributed by atoms with Crippen LogP contribution in [0.3, 0.4) is 0 Å². The molecule has 0 aliphatic rings. The molecule has 21 heavy (non-hydrogen) atoms. The molecule has 0 aromatic heterocycles. The Morgan fingerprint density at radius 2 is 2.10 bits per heavy atom. The number of nitro groups is 1. The van der Waals surface area contributed by atoms with Gasteiger partial charge in [0.05, 0.1) is 4.92 Å². The van der Waals surface area contributed by atoms with Crippen LogP contribution in [0.2, 0.25) is 0 Å². The average molecular weight is 356 g/mol. The van der Waals surface area contributed by atoms with E-state index in [9.17, 15) is 14.5 Å². The van der Waals surface area contributed by atoms with E-state index >= 15 is 0 Å². The molecule has 110 valence electrons. The number of benzene rings is 2. The van der Waals surface area contributed by atoms with E-state index in [0.29, 0.717) is 10.0 Å². The number of hydrazine groups is 1. The Balaban J connectivity index is 2.17. The van der Waals surface area contributed by atoms with E-state index in [2.05, 4.69) is 21.4 Å². The molecular weight excluding hydrogens is 345 g/mol. The van der Waals surface area contributed by atoms with E-state index in [1.54, 1.807) is 6.07 Å². The molecule has 2 aromatic carbocycles. The average Bonchev–Trinajstić information content (AvgIpc) is 2.47. The van der Waals surface area contributed by atoms with Gasteiger partial charge in [0.1, 0.15) is 12.3 Å². The Bertz CT molecular complexity index is 682. The van der Waals surface area contributed by atoms with Crippen molar-refractivity contribution in [3.8, 4) is 5.75 Å². The first-order valence-electron chi connectivity index (χ1n) is 5.83. The molecule has 0 atom stereocenters. The van der Waals surface area contributed by atoms with Crippen LogP contribution in [0.4, 0.5) is 15.8 Å². The van der Waals surface area contributed by atoms with E-state index in [0.717, 1.165) is 0 Å². The van der Waals surface area contributed by atoms with Crippen molar-refractivity contribution in [2.75, 3.05) is 5.43 Å². The molecule has 0 radical (unpaired) electrons. The number of nitrogen functional groups attached to an aromatic ring is 1. The van der Waals surface area contributed by atoms with Crippen molar-refractivity contribution in [3.05, 3.63) is 62.4 Å². The first-order chi connectivity index (χ1) is 10.0. The van der Waals surface area contributed by atoms with Crippen molar-refractivity contribution in [2.45, 2.75) is 6.61 Å². The van der Waals surface area contributed by atoms with E-state index in [1.165, 1.54) is 30.3 Å². The molecule has 6 nitrogen and oxygen atoms in total. The van der Waals surface area contributed by atoms with Crippen molar-refractivity contribution in [1.29, 1.82) is 0 Å². The van der Waals surface area contributed by atoms with Gasteiger partial charge in [0.2, 0.25) is 0 Å². The van der Waals surface area contributed by atoms with Crippen LogP contribution in [0.15, 0.2) is 40.9 Å². The van der Waals surface area contributed by atoms with Gasteiger partial charge in [-0.05, 0) is 35.9 Å². The number of anilines is 1. The lowest BCUT2D eigenvalue weighted by Crippen LogP contribution is -2.10. The first kappa shape index (κ1) is 15.2. The Morgan fingerprint density at radius 1 is 1.33 bits per heavy atom. The van der Waals surface area contributed by atoms with Gasteiger partial charge in [0.25, 0.3) is 5.69 Å². The molecule has 0 unspecified atom stereocenters. The van der Waals surface area contributed by atoms with Crippen LogP contribution in [0, 0.1) is 15.9 Å². The maximum Gasteiger partial charge on any atom is 0.293 e. The highest BCUT2D eigenvalue weighted by molar-refractivity contribution is 9.10. The lowest BCUT2D eigenvalue weighted by Gasteiger charge is -2.09. The molecule has 0 fully saturated rings. The molecular formula is C13H11BrFN3O3. The highest BCUT2D eigenvalue weighted by Crippen LogP contribution is 2.26. The van der Waals surface area contributed by atoms with Crippen LogP contribution >= 0.6 is 15.9 Å². The molecule has 0 amide bonds. The van der Waals surface area contributed by atoms with Crippen LogP contribution in [0.5, 0.6) is 5.75 Å². The van der Waals surface area contributed by atoms with Gasteiger partial charge in [-0.25, -0.2) is 4.39 Å². The minimum atomic E-state index is -0.548. The molecule has 0 spiro atoms. The minimum Gasteiger partial charge on any atom is -0.486 e. The summed E-state index contributed by atoms with van der Waals surface area (Å²) in [6, 6.07) is 8.66. The van der Waals surface area contributed by atoms with Crippen LogP contribution < -0.4 is 16.0 Å². The maximum absolute atomic E-state index is 13.5. The van der Waals surface area contributed by atoms with Crippen molar-refractivity contribution in [1.82, 2.24) is 0 Å². The number of hydrogen-bond donors (Lipinski definition) is 2. The molecule has 8 heteroatoms. The first-order valence-corrected chi connectivity index (χ1v) is 6.62. The quantitative estimate of drug-likeness (QED) is 0.487. The summed E-state index contributed by atoms with van der Waals surface area (Å²) in [5.74, 6) is 4.85. The standard InChI is InChI=1S/C13H11BrFN3O3/c14-9-2-3-10(15)13(6-9)21-7-8-1-4-12(18(19)20)11(5-8)17-16/h1-6,17H,7,16H2. The number of halogens is 2. The summed E-state index contributed by atoms with van der Waals surface area (Å²) in [5.41, 5.74) is 2.89. The molecule has 0 saturated carbocycles. The van der Waals surface area contributed by atoms with E-state index in [4.69, 9.17) is 10.6 Å². The summed E-state index contributed by atoms with van der Waals surface area (Å²) in [4.78, 5) is 10.2. The van der Waals surface area contributed by atoms with Gasteiger partial charge >= 0.3 is 0 Å². The van der Waals surface area contributed by atoms with Gasteiger partial charge < -0.3 is 10.2 Å². The second-order valence-electron chi connectivity index (χ2n) is 4.12. The van der Waals surface area contributed by atoms with Crippen molar-refractivity contribution in [3.63, 3.8) is 0 Å². The van der Waals surface area contributed by atoms with E-state index in [-0.39, 0.29) is 23.7 Å². The summed E-state index contributed by atoms with van der Waals surface area (Å²) >= 11 is 3.22. The Morgan fingerprint density at radius 3 is 2.76 bits per heavy atom. The maximum atomic E-state index is 13.5. The third-order valence-corrected chi connectivity index (χ3v) is 3.19. The fourth-order valence-electron chi connectivity index (χ4n) is 1.70. The van der Waals surface area contributed by atoms with Crippen LogP contribution in [0.25, 0.3) is 0 Å². The lowest BCUT2D eigenvalue weighted by atomic mass is 10.2. The third-order valence-electron chi connectivity index (χ3n) is 2.70. The number of hydrogen-bond acceptors (Lipinski definition) is 5. The Hall–Kier alpha value is -2.19. The normalized spacial score (nSPS) is 10.2. The van der Waals surface area contributed by atoms with Crippen LogP contribution in [-0.4, -0.2) is 4.92 Å². The van der Waals surface area contributed by atoms with E-state index < -0.39 is 10.7 Å². The molecule has 2 rings (SSSR count). The number of ether oxygens (including phenoxy) is 1. The number of nitrogens with two attached hydrogens (primary N) is 1. The van der Waals surface area contributed by atoms with Gasteiger partial charge in [-0.1, -0.05) is 15.9 Å². The zero-order valence-electron chi connectivity index (χ0n) is 10.7. The van der Waals surface area contributed by atoms with Gasteiger partial charge in [-0.2, -0.15) is 0 Å². The second kappa shape index (κ2) is 6.51. The minimum absolute atomic E-state index is 0.0556. The fourth-order valence-corrected chi connectivity index (χ4v) is 2.04. The molecule has 3 N–H and O–H groups in total. The highest BCUT2D eigenvalue weighted by atomic mass is 79.9. The molecule has 0 heterocycles. The fraction of sp³-hybridized carbons (Fsp3) is 0.0769. The van der Waals surface area contributed by atoms with Gasteiger partial charge in [0.15, 0.2) is 11.6 Å². The Labute approximate surface area is 128 Å². The number of nitrogens with one attached hydrogen (secondary N) is 1. The monoisotopic (exact) mass is 355 g/mol. The molecule has 0 aliphatic carbocycles. The summed E-state index contributed by atoms with van der Waals surface area (Å²) < 4.78 is 19.6. The third kappa shape index (κ3) is 3.67. The Kier molecular flexibility index (Phi) is 4.71. The topological polar surface area (TPSA) is 90.4 Å². The number of rotatable bonds is 5. The smallest absolute Gasteiger partial charge is 0.293 e. The second-order valence-corrected chi connectivity index (χ2v) is 5.03. The summed E-state index contributed by atoms with van der Waals surface area (Å²) in [5, 5.41) is 10.8. The van der Waals surface area contributed by atoms with Crippen LogP contribution in [0.1, 0.15) is 5.56 Å². The van der Waals surface area contributed by atoms with Gasteiger partial charge in [0, 0.05) is 10.5 Å². The predicted molar refractivity (Wildman–Crippen MR) is 79.3 cm³/mol. The van der Waals surface area contributed by atoms with Gasteiger partial charge in [-0.3, -0.25) is 16.0 Å². The predicted octanol–water partition coefficient (Wildman–Crippen LogP) is 3.36. The number of nitrogens with zero attached hydrogens (tertiary/aromatic N) is 1. The zero-order valence-corrected chi connectivity index (χ0v) is 12.3. The summed E-state index contributed by atoms with van der Waals surface area (Å²) in [6.07, 6.45) is 0. The molecule has 2 aromatic rings. The molecule has 0 aliphatic heterocycles. The highest BCUT2D eigenvalue weighted by Gasteiger charge is 2.13. The largest absolute Gasteiger partial charge is 0.486 e.